The maximum atomic E-state index is 12.5. The van der Waals surface area contributed by atoms with Crippen LogP contribution in [0.5, 0.6) is 0 Å². The molecule has 3 aliphatic carbocycles. The summed E-state index contributed by atoms with van der Waals surface area (Å²) in [5.41, 5.74) is 4.43. The Morgan fingerprint density at radius 3 is 2.08 bits per heavy atom. The second-order valence-electron chi connectivity index (χ2n) is 10.8. The van der Waals surface area contributed by atoms with Crippen molar-refractivity contribution in [2.75, 3.05) is 19.8 Å². The van der Waals surface area contributed by atoms with Gasteiger partial charge in [0, 0.05) is 25.3 Å². The number of ether oxygens (including phenoxy) is 2. The van der Waals surface area contributed by atoms with Gasteiger partial charge in [0.05, 0.1) is 6.61 Å². The van der Waals surface area contributed by atoms with Crippen LogP contribution in [0.3, 0.4) is 0 Å². The fraction of sp³-hybridized carbons (Fsp3) is 0.469. The van der Waals surface area contributed by atoms with E-state index in [0.717, 1.165) is 47.9 Å². The Morgan fingerprint density at radius 2 is 1.45 bits per heavy atom. The number of alkyl carbamates (subject to hydrolysis) is 2. The van der Waals surface area contributed by atoms with Gasteiger partial charge in [0.25, 0.3) is 0 Å². The number of fused-ring (bicyclic) bond motifs is 4. The van der Waals surface area contributed by atoms with Gasteiger partial charge in [-0.3, -0.25) is 0 Å². The molecule has 210 valence electrons. The SMILES string of the molecule is O=C(NCCCC[C@H](NC(=O)OCC1c2ccccc2-c2ccccc21)C(=O)O)OCC1C2CCC#CCCC21. The number of carboxylic acid groups (broad SMARTS) is 1. The lowest BCUT2D eigenvalue weighted by Gasteiger charge is -2.17. The maximum absolute atomic E-state index is 12.5. The van der Waals surface area contributed by atoms with Gasteiger partial charge < -0.3 is 25.2 Å². The predicted molar refractivity (Wildman–Crippen MR) is 150 cm³/mol. The highest BCUT2D eigenvalue weighted by molar-refractivity contribution is 5.81. The zero-order valence-corrected chi connectivity index (χ0v) is 22.6. The fourth-order valence-corrected chi connectivity index (χ4v) is 6.21. The number of hydrogen-bond acceptors (Lipinski definition) is 5. The molecule has 0 radical (unpaired) electrons. The van der Waals surface area contributed by atoms with E-state index in [-0.39, 0.29) is 18.9 Å². The first-order chi connectivity index (χ1) is 19.5. The first kappa shape index (κ1) is 27.6. The molecule has 0 saturated heterocycles. The molecule has 8 heteroatoms. The number of carboxylic acids is 1. The van der Waals surface area contributed by atoms with Crippen LogP contribution in [-0.4, -0.2) is 49.1 Å². The topological polar surface area (TPSA) is 114 Å². The van der Waals surface area contributed by atoms with Gasteiger partial charge in [-0.15, -0.1) is 11.8 Å². The first-order valence-electron chi connectivity index (χ1n) is 14.2. The van der Waals surface area contributed by atoms with Crippen molar-refractivity contribution in [1.29, 1.82) is 0 Å². The molecule has 3 N–H and O–H groups in total. The number of nitrogens with one attached hydrogen (secondary N) is 2. The largest absolute Gasteiger partial charge is 0.480 e. The summed E-state index contributed by atoms with van der Waals surface area (Å²) < 4.78 is 10.9. The van der Waals surface area contributed by atoms with Gasteiger partial charge in [-0.25, -0.2) is 14.4 Å². The van der Waals surface area contributed by atoms with Gasteiger partial charge in [0.2, 0.25) is 0 Å². The molecular weight excluding hydrogens is 508 g/mol. The number of unbranched alkanes of at least 4 members (excludes halogenated alkanes) is 1. The Labute approximate surface area is 234 Å². The van der Waals surface area contributed by atoms with E-state index in [1.165, 1.54) is 0 Å². The van der Waals surface area contributed by atoms with Crippen LogP contribution >= 0.6 is 0 Å². The van der Waals surface area contributed by atoms with E-state index in [2.05, 4.69) is 34.6 Å². The van der Waals surface area contributed by atoms with Crippen LogP contribution in [0.25, 0.3) is 11.1 Å². The molecule has 0 bridgehead atoms. The van der Waals surface area contributed by atoms with E-state index in [0.29, 0.717) is 43.7 Å². The standard InChI is InChI=1S/C32H36N2O6/c35-30(36)29(17-9-10-18-33-31(37)39-19-27-25-11-3-1-2-4-12-26(25)27)34-32(38)40-20-28-23-15-7-5-13-21(23)22-14-6-8-16-24(22)28/h5-8,13-16,25-29H,3-4,9-12,17-20H2,(H,33,37)(H,34,38)(H,35,36)/t25?,26?,27?,29-/m0/s1. The quantitative estimate of drug-likeness (QED) is 0.261. The zero-order chi connectivity index (χ0) is 27.9. The van der Waals surface area contributed by atoms with E-state index in [9.17, 15) is 19.5 Å². The van der Waals surface area contributed by atoms with E-state index in [4.69, 9.17) is 9.47 Å². The summed E-state index contributed by atoms with van der Waals surface area (Å²) >= 11 is 0. The Hall–Kier alpha value is -3.99. The van der Waals surface area contributed by atoms with Crippen LogP contribution in [0, 0.1) is 29.6 Å². The van der Waals surface area contributed by atoms with Crippen LogP contribution < -0.4 is 10.6 Å². The summed E-state index contributed by atoms with van der Waals surface area (Å²) in [7, 11) is 0. The van der Waals surface area contributed by atoms with E-state index >= 15 is 0 Å². The predicted octanol–water partition coefficient (Wildman–Crippen LogP) is 5.31. The second-order valence-corrected chi connectivity index (χ2v) is 10.8. The number of carbonyl (C=O) groups excluding carboxylic acids is 2. The average Bonchev–Trinajstić information content (AvgIpc) is 3.48. The molecule has 1 saturated carbocycles. The summed E-state index contributed by atoms with van der Waals surface area (Å²) in [4.78, 5) is 36.3. The lowest BCUT2D eigenvalue weighted by Crippen LogP contribution is -2.41. The molecule has 0 heterocycles. The smallest absolute Gasteiger partial charge is 0.407 e. The molecule has 0 aromatic heterocycles. The maximum Gasteiger partial charge on any atom is 0.407 e. The fourth-order valence-electron chi connectivity index (χ4n) is 6.21. The second kappa shape index (κ2) is 12.9. The van der Waals surface area contributed by atoms with Gasteiger partial charge in [0.1, 0.15) is 12.6 Å². The lowest BCUT2D eigenvalue weighted by atomic mass is 9.98. The summed E-state index contributed by atoms with van der Waals surface area (Å²) in [6, 6.07) is 15.0. The third-order valence-corrected chi connectivity index (χ3v) is 8.37. The van der Waals surface area contributed by atoms with Gasteiger partial charge >= 0.3 is 18.2 Å². The molecule has 8 nitrogen and oxygen atoms in total. The van der Waals surface area contributed by atoms with Crippen molar-refractivity contribution in [3.05, 3.63) is 59.7 Å². The van der Waals surface area contributed by atoms with Crippen LogP contribution in [-0.2, 0) is 14.3 Å². The van der Waals surface area contributed by atoms with E-state index < -0.39 is 24.2 Å². The minimum atomic E-state index is -1.12. The number of rotatable bonds is 11. The third kappa shape index (κ3) is 6.59. The van der Waals surface area contributed by atoms with Gasteiger partial charge in [-0.1, -0.05) is 48.5 Å². The van der Waals surface area contributed by atoms with E-state index in [1.54, 1.807) is 0 Å². The molecular formula is C32H36N2O6. The monoisotopic (exact) mass is 544 g/mol. The van der Waals surface area contributed by atoms with Crippen LogP contribution in [0.2, 0.25) is 0 Å². The molecule has 0 spiro atoms. The molecule has 40 heavy (non-hydrogen) atoms. The third-order valence-electron chi connectivity index (χ3n) is 8.37. The molecule has 3 aliphatic rings. The van der Waals surface area contributed by atoms with Crippen LogP contribution in [0.1, 0.15) is 62.0 Å². The van der Waals surface area contributed by atoms with Crippen molar-refractivity contribution in [2.24, 2.45) is 17.8 Å². The molecule has 2 aromatic rings. The number of aliphatic carboxylic acids is 1. The molecule has 2 amide bonds. The van der Waals surface area contributed by atoms with Gasteiger partial charge in [0.15, 0.2) is 0 Å². The van der Waals surface area contributed by atoms with Gasteiger partial charge in [-0.05, 0) is 72.1 Å². The number of amides is 2. The Kier molecular flexibility index (Phi) is 8.90. The first-order valence-corrected chi connectivity index (χ1v) is 14.2. The Morgan fingerprint density at radius 1 is 0.850 bits per heavy atom. The molecule has 0 aliphatic heterocycles. The van der Waals surface area contributed by atoms with E-state index in [1.807, 2.05) is 36.4 Å². The highest BCUT2D eigenvalue weighted by atomic mass is 16.6. The van der Waals surface area contributed by atoms with Crippen molar-refractivity contribution < 1.29 is 29.0 Å². The summed E-state index contributed by atoms with van der Waals surface area (Å²) in [5.74, 6) is 6.83. The van der Waals surface area contributed by atoms with Crippen LogP contribution in [0.15, 0.2) is 48.5 Å². The number of carbonyl (C=O) groups is 3. The summed E-state index contributed by atoms with van der Waals surface area (Å²) in [6.07, 6.45) is 4.13. The number of benzene rings is 2. The highest BCUT2D eigenvalue weighted by Gasteiger charge is 2.49. The van der Waals surface area contributed by atoms with Crippen molar-refractivity contribution in [1.82, 2.24) is 10.6 Å². The molecule has 2 aromatic carbocycles. The minimum Gasteiger partial charge on any atom is -0.480 e. The van der Waals surface area contributed by atoms with Crippen molar-refractivity contribution in [3.63, 3.8) is 0 Å². The minimum absolute atomic E-state index is 0.0979. The van der Waals surface area contributed by atoms with Crippen molar-refractivity contribution >= 4 is 18.2 Å². The molecule has 3 atom stereocenters. The molecule has 5 rings (SSSR count). The lowest BCUT2D eigenvalue weighted by molar-refractivity contribution is -0.139. The normalized spacial score (nSPS) is 21.1. The highest BCUT2D eigenvalue weighted by Crippen LogP contribution is 2.52. The van der Waals surface area contributed by atoms with Gasteiger partial charge in [-0.2, -0.15) is 0 Å². The molecule has 2 unspecified atom stereocenters. The Balaban J connectivity index is 0.989. The zero-order valence-electron chi connectivity index (χ0n) is 22.6. The summed E-state index contributed by atoms with van der Waals surface area (Å²) in [6.45, 7) is 0.933. The molecule has 1 fully saturated rings. The van der Waals surface area contributed by atoms with Crippen molar-refractivity contribution in [2.45, 2.75) is 56.9 Å². The Bertz CT molecular complexity index is 1230. The van der Waals surface area contributed by atoms with Crippen molar-refractivity contribution in [3.8, 4) is 23.0 Å². The average molecular weight is 545 g/mol. The van der Waals surface area contributed by atoms with Crippen LogP contribution in [0.4, 0.5) is 9.59 Å². The summed E-state index contributed by atoms with van der Waals surface area (Å²) in [5, 5.41) is 14.8. The number of hydrogen-bond donors (Lipinski definition) is 3.